The molecule has 4 heterocycles. The molecule has 4 rings (SSSR count). The number of nitrogens with zero attached hydrogens (tertiary/aromatic N) is 3. The Bertz CT molecular complexity index is 947. The molecule has 1 fully saturated rings. The lowest BCUT2D eigenvalue weighted by Gasteiger charge is -2.33. The first-order valence-corrected chi connectivity index (χ1v) is 8.53. The molecule has 0 bridgehead atoms. The van der Waals surface area contributed by atoms with Crippen molar-refractivity contribution in [3.8, 4) is 11.4 Å². The zero-order valence-electron chi connectivity index (χ0n) is 13.4. The molecule has 0 aromatic carbocycles. The number of carboxylic acid groups (broad SMARTS) is 1. The van der Waals surface area contributed by atoms with E-state index in [2.05, 4.69) is 15.3 Å². The fourth-order valence-electron chi connectivity index (χ4n) is 3.40. The van der Waals surface area contributed by atoms with E-state index in [-0.39, 0.29) is 0 Å². The fraction of sp³-hybridized carbons (Fsp3) is 0.278. The van der Waals surface area contributed by atoms with Gasteiger partial charge in [-0.05, 0) is 43.7 Å². The Labute approximate surface area is 149 Å². The second-order valence-corrected chi connectivity index (χ2v) is 6.73. The van der Waals surface area contributed by atoms with Gasteiger partial charge < -0.3 is 10.4 Å². The Morgan fingerprint density at radius 1 is 1.32 bits per heavy atom. The second-order valence-electron chi connectivity index (χ2n) is 6.29. The Hall–Kier alpha value is -2.44. The van der Waals surface area contributed by atoms with Crippen LogP contribution in [0, 0.1) is 0 Å². The van der Waals surface area contributed by atoms with Crippen LogP contribution in [-0.2, 0) is 10.2 Å². The van der Waals surface area contributed by atoms with E-state index in [4.69, 9.17) is 11.6 Å². The third kappa shape index (κ3) is 2.67. The van der Waals surface area contributed by atoms with Crippen molar-refractivity contribution >= 4 is 23.2 Å². The normalized spacial score (nSPS) is 20.7. The molecular formula is C18H17ClN4O2. The summed E-state index contributed by atoms with van der Waals surface area (Å²) in [4.78, 5) is 21.1. The minimum absolute atomic E-state index is 0.387. The number of hydrogen-bond acceptors (Lipinski definition) is 4. The molecule has 0 amide bonds. The lowest BCUT2D eigenvalue weighted by atomic mass is 9.77. The third-order valence-electron chi connectivity index (χ3n) is 4.76. The number of halogens is 1. The average Bonchev–Trinajstić information content (AvgIpc) is 3.05. The summed E-state index contributed by atoms with van der Waals surface area (Å²) in [6.07, 6.45) is 4.89. The van der Waals surface area contributed by atoms with Gasteiger partial charge in [0, 0.05) is 12.7 Å². The van der Waals surface area contributed by atoms with Gasteiger partial charge in [-0.2, -0.15) is 0 Å². The zero-order valence-corrected chi connectivity index (χ0v) is 14.2. The van der Waals surface area contributed by atoms with Crippen LogP contribution in [0.25, 0.3) is 17.0 Å². The van der Waals surface area contributed by atoms with Gasteiger partial charge in [-0.15, -0.1) is 0 Å². The van der Waals surface area contributed by atoms with Gasteiger partial charge in [0.2, 0.25) is 0 Å². The highest BCUT2D eigenvalue weighted by atomic mass is 35.5. The number of carboxylic acids is 1. The van der Waals surface area contributed by atoms with Gasteiger partial charge in [-0.25, -0.2) is 9.97 Å². The molecule has 0 aliphatic carbocycles. The van der Waals surface area contributed by atoms with Crippen molar-refractivity contribution in [2.75, 3.05) is 13.1 Å². The summed E-state index contributed by atoms with van der Waals surface area (Å²) >= 11 is 6.10. The van der Waals surface area contributed by atoms with E-state index >= 15 is 0 Å². The molecule has 25 heavy (non-hydrogen) atoms. The highest BCUT2D eigenvalue weighted by Gasteiger charge is 2.43. The third-order valence-corrected chi connectivity index (χ3v) is 4.99. The van der Waals surface area contributed by atoms with Gasteiger partial charge >= 0.3 is 5.97 Å². The van der Waals surface area contributed by atoms with Gasteiger partial charge in [-0.3, -0.25) is 9.20 Å². The maximum absolute atomic E-state index is 12.0. The first-order valence-electron chi connectivity index (χ1n) is 8.15. The van der Waals surface area contributed by atoms with Gasteiger partial charge in [0.15, 0.2) is 0 Å². The number of nitrogens with one attached hydrogen (secondary N) is 1. The van der Waals surface area contributed by atoms with Crippen molar-refractivity contribution in [2.24, 2.45) is 0 Å². The minimum Gasteiger partial charge on any atom is -0.480 e. The van der Waals surface area contributed by atoms with Crippen LogP contribution in [0.5, 0.6) is 0 Å². The molecule has 128 valence electrons. The Morgan fingerprint density at radius 3 is 2.96 bits per heavy atom. The highest BCUT2D eigenvalue weighted by Crippen LogP contribution is 2.32. The van der Waals surface area contributed by atoms with Crippen LogP contribution in [0.2, 0.25) is 5.02 Å². The van der Waals surface area contributed by atoms with Crippen molar-refractivity contribution in [1.29, 1.82) is 0 Å². The Kier molecular flexibility index (Phi) is 3.94. The van der Waals surface area contributed by atoms with E-state index in [1.807, 2.05) is 22.6 Å². The monoisotopic (exact) mass is 356 g/mol. The average molecular weight is 357 g/mol. The zero-order chi connectivity index (χ0) is 17.4. The number of fused-ring (bicyclic) bond motifs is 1. The number of aliphatic carboxylic acids is 1. The fourth-order valence-corrected chi connectivity index (χ4v) is 3.56. The molecule has 0 saturated carbocycles. The first kappa shape index (κ1) is 16.1. The topological polar surface area (TPSA) is 79.5 Å². The highest BCUT2D eigenvalue weighted by molar-refractivity contribution is 6.30. The van der Waals surface area contributed by atoms with Crippen LogP contribution in [0.4, 0.5) is 0 Å². The molecule has 2 N–H and O–H groups in total. The molecule has 1 aliphatic heterocycles. The standard InChI is InChI=1S/C18H17ClN4O2/c19-12-5-6-16-21-9-14(23(16)10-12)13-3-1-4-15(22-13)18(17(24)25)7-2-8-20-11-18/h1,3-6,9-10,20H,2,7-8,11H2,(H,24,25). The van der Waals surface area contributed by atoms with E-state index in [9.17, 15) is 9.90 Å². The molecule has 7 heteroatoms. The van der Waals surface area contributed by atoms with Gasteiger partial charge in [0.25, 0.3) is 0 Å². The molecule has 1 saturated heterocycles. The van der Waals surface area contributed by atoms with Crippen LogP contribution < -0.4 is 5.32 Å². The predicted octanol–water partition coefficient (Wildman–Crippen LogP) is 2.76. The smallest absolute Gasteiger partial charge is 0.317 e. The van der Waals surface area contributed by atoms with E-state index in [0.29, 0.717) is 29.4 Å². The maximum atomic E-state index is 12.0. The maximum Gasteiger partial charge on any atom is 0.317 e. The van der Waals surface area contributed by atoms with Crippen molar-refractivity contribution in [3.63, 3.8) is 0 Å². The van der Waals surface area contributed by atoms with E-state index in [1.54, 1.807) is 24.5 Å². The van der Waals surface area contributed by atoms with Gasteiger partial charge in [0.1, 0.15) is 11.1 Å². The van der Waals surface area contributed by atoms with E-state index in [1.165, 1.54) is 0 Å². The summed E-state index contributed by atoms with van der Waals surface area (Å²) in [5.41, 5.74) is 1.80. The number of imidazole rings is 1. The lowest BCUT2D eigenvalue weighted by Crippen LogP contribution is -2.49. The quantitative estimate of drug-likeness (QED) is 0.754. The molecule has 3 aromatic rings. The number of rotatable bonds is 3. The van der Waals surface area contributed by atoms with E-state index in [0.717, 1.165) is 24.3 Å². The molecule has 3 aromatic heterocycles. The van der Waals surface area contributed by atoms with Gasteiger partial charge in [-0.1, -0.05) is 17.7 Å². The van der Waals surface area contributed by atoms with Crippen molar-refractivity contribution in [2.45, 2.75) is 18.3 Å². The number of aromatic nitrogens is 3. The summed E-state index contributed by atoms with van der Waals surface area (Å²) in [5, 5.41) is 13.6. The van der Waals surface area contributed by atoms with Crippen LogP contribution in [0.3, 0.4) is 0 Å². The summed E-state index contributed by atoms with van der Waals surface area (Å²) in [5.74, 6) is -0.842. The van der Waals surface area contributed by atoms with Crippen molar-refractivity contribution in [1.82, 2.24) is 19.7 Å². The molecular weight excluding hydrogens is 340 g/mol. The summed E-state index contributed by atoms with van der Waals surface area (Å²) in [6, 6.07) is 9.12. The largest absolute Gasteiger partial charge is 0.480 e. The van der Waals surface area contributed by atoms with Crippen LogP contribution >= 0.6 is 11.6 Å². The lowest BCUT2D eigenvalue weighted by molar-refractivity contribution is -0.144. The van der Waals surface area contributed by atoms with Crippen LogP contribution in [0.15, 0.2) is 42.7 Å². The molecule has 0 radical (unpaired) electrons. The number of pyridine rings is 2. The summed E-state index contributed by atoms with van der Waals surface area (Å²) in [7, 11) is 0. The summed E-state index contributed by atoms with van der Waals surface area (Å²) in [6.45, 7) is 1.22. The number of hydrogen-bond donors (Lipinski definition) is 2. The molecule has 1 unspecified atom stereocenters. The van der Waals surface area contributed by atoms with E-state index < -0.39 is 11.4 Å². The van der Waals surface area contributed by atoms with Crippen molar-refractivity contribution < 1.29 is 9.90 Å². The van der Waals surface area contributed by atoms with Crippen molar-refractivity contribution in [3.05, 3.63) is 53.4 Å². The Balaban J connectivity index is 1.83. The van der Waals surface area contributed by atoms with Crippen LogP contribution in [-0.4, -0.2) is 38.5 Å². The van der Waals surface area contributed by atoms with Gasteiger partial charge in [0.05, 0.1) is 28.3 Å². The SMILES string of the molecule is O=C(O)C1(c2cccc(-c3cnc4ccc(Cl)cn34)n2)CCCNC1. The number of carbonyl (C=O) groups is 1. The number of piperidine rings is 1. The minimum atomic E-state index is -0.994. The predicted molar refractivity (Wildman–Crippen MR) is 94.9 cm³/mol. The molecule has 1 atom stereocenters. The van der Waals surface area contributed by atoms with Crippen LogP contribution in [0.1, 0.15) is 18.5 Å². The second kappa shape index (κ2) is 6.13. The molecule has 1 aliphatic rings. The first-order chi connectivity index (χ1) is 12.1. The Morgan fingerprint density at radius 2 is 2.20 bits per heavy atom. The molecule has 6 nitrogen and oxygen atoms in total. The molecule has 0 spiro atoms. The summed E-state index contributed by atoms with van der Waals surface area (Å²) < 4.78 is 1.86.